The average Bonchev–Trinajstić information content (AvgIpc) is 0.745. The van der Waals surface area contributed by atoms with E-state index in [9.17, 15) is 103 Å². The number of hydrogen-bond acceptors (Lipinski definition) is 24. The van der Waals surface area contributed by atoms with Gasteiger partial charge in [0.2, 0.25) is 41.4 Å². The van der Waals surface area contributed by atoms with Gasteiger partial charge >= 0.3 is 33.6 Å². The van der Waals surface area contributed by atoms with E-state index in [2.05, 4.69) is 172 Å². The van der Waals surface area contributed by atoms with Gasteiger partial charge in [-0.05, 0) is 265 Å². The molecule has 0 aromatic carbocycles. The van der Waals surface area contributed by atoms with Crippen molar-refractivity contribution in [3.8, 4) is 0 Å². The number of phosphoric ester groups is 2. The van der Waals surface area contributed by atoms with E-state index in [4.69, 9.17) is 33.7 Å². The Morgan fingerprint density at radius 1 is 0.398 bits per heavy atom. The van der Waals surface area contributed by atoms with Crippen LogP contribution in [0, 0.1) is 0 Å². The topological polar surface area (TPSA) is 562 Å². The first-order chi connectivity index (χ1) is 62.4. The molecule has 0 radical (unpaired) electrons. The minimum atomic E-state index is -5.97. The van der Waals surface area contributed by atoms with Crippen molar-refractivity contribution < 1.29 is 135 Å². The molecule has 2 aliphatic rings. The molecule has 7 amide bonds. The zero-order valence-corrected chi connectivity index (χ0v) is 83.0. The summed E-state index contributed by atoms with van der Waals surface area (Å²) in [6.07, 6.45) is 25.3. The lowest BCUT2D eigenvalue weighted by Gasteiger charge is -2.49. The van der Waals surface area contributed by atoms with Crippen molar-refractivity contribution in [2.75, 3.05) is 19.8 Å². The second-order valence-electron chi connectivity index (χ2n) is 35.3. The van der Waals surface area contributed by atoms with Gasteiger partial charge in [0.25, 0.3) is 0 Å². The fourth-order valence-corrected chi connectivity index (χ4v) is 16.3. The Kier molecular flexibility index (Phi) is 58.1. The van der Waals surface area contributed by atoms with Gasteiger partial charge in [-0.25, -0.2) is 13.9 Å². The van der Waals surface area contributed by atoms with Crippen molar-refractivity contribution in [3.63, 3.8) is 0 Å². The molecule has 0 aliphatic carbocycles. The summed E-state index contributed by atoms with van der Waals surface area (Å²) < 4.78 is 66.3. The van der Waals surface area contributed by atoms with Crippen molar-refractivity contribution in [2.24, 2.45) is 5.73 Å². The smallest absolute Gasteiger partial charge is 0.480 e. The van der Waals surface area contributed by atoms with Crippen molar-refractivity contribution in [2.45, 2.75) is 389 Å². The predicted octanol–water partition coefficient (Wildman–Crippen LogP) is 11.8. The van der Waals surface area contributed by atoms with Gasteiger partial charge in [-0.15, -0.1) is 0 Å². The molecule has 0 aromatic rings. The van der Waals surface area contributed by atoms with Gasteiger partial charge in [-0.1, -0.05) is 128 Å². The number of aliphatic hydroxyl groups is 4. The lowest BCUT2D eigenvalue weighted by Crippen LogP contribution is -2.70. The lowest BCUT2D eigenvalue weighted by molar-refractivity contribution is -0.331. The van der Waals surface area contributed by atoms with E-state index < -0.39 is 211 Å². The molecule has 0 bridgehead atoms. The van der Waals surface area contributed by atoms with Crippen molar-refractivity contribution in [1.29, 1.82) is 0 Å². The highest BCUT2D eigenvalue weighted by Gasteiger charge is 2.55. The van der Waals surface area contributed by atoms with E-state index in [-0.39, 0.29) is 19.3 Å². The number of carbonyl (C=O) groups is 10. The third kappa shape index (κ3) is 51.5. The maximum Gasteiger partial charge on any atom is 0.483 e. The predicted molar refractivity (Wildman–Crippen MR) is 506 cm³/mol. The van der Waals surface area contributed by atoms with Gasteiger partial charge in [-0.3, -0.25) is 52.2 Å². The number of carbonyl (C=O) groups excluding carboxylic acids is 7. The number of allylic oxidation sites excluding steroid dienone is 21. The summed E-state index contributed by atoms with van der Waals surface area (Å²) in [5.74, 6) is -11.5. The summed E-state index contributed by atoms with van der Waals surface area (Å²) in [6.45, 7) is 29.6. The maximum atomic E-state index is 14.1. The minimum absolute atomic E-state index is 0.0692. The number of aliphatic hydroxyl groups excluding tert-OH is 4. The van der Waals surface area contributed by atoms with Crippen LogP contribution in [-0.2, 0) is 89.4 Å². The van der Waals surface area contributed by atoms with Gasteiger partial charge in [-0.2, -0.15) is 4.31 Å². The molecule has 19 atom stereocenters. The Morgan fingerprint density at radius 3 is 1.16 bits per heavy atom. The van der Waals surface area contributed by atoms with Gasteiger partial charge < -0.3 is 107 Å². The fraction of sp³-hybridized carbons (Fsp3) is 0.663. The van der Waals surface area contributed by atoms with Crippen LogP contribution in [0.15, 0.2) is 128 Å². The van der Waals surface area contributed by atoms with E-state index in [1.54, 1.807) is 6.92 Å². The monoisotopic (exact) mass is 1920 g/mol. The Morgan fingerprint density at radius 2 is 0.774 bits per heavy atom. The number of hydrogen-bond donors (Lipinski definition) is 17. The van der Waals surface area contributed by atoms with Crippen molar-refractivity contribution >= 4 is 74.9 Å². The van der Waals surface area contributed by atoms with Crippen LogP contribution >= 0.6 is 15.6 Å². The fourth-order valence-electron chi connectivity index (χ4n) is 14.2. The largest absolute Gasteiger partial charge is 0.483 e. The first kappa shape index (κ1) is 121. The molecule has 0 aromatic heterocycles. The zero-order chi connectivity index (χ0) is 100. The number of nitrogens with one attached hydrogen (secondary N) is 7. The third-order valence-corrected chi connectivity index (χ3v) is 25.0. The van der Waals surface area contributed by atoms with E-state index in [1.807, 2.05) is 6.92 Å². The summed E-state index contributed by atoms with van der Waals surface area (Å²) in [4.78, 5) is 150. The number of ether oxygens (including phenoxy) is 4. The van der Waals surface area contributed by atoms with E-state index in [1.165, 1.54) is 63.2 Å². The molecule has 18 N–H and O–H groups in total. The maximum absolute atomic E-state index is 14.1. The summed E-state index contributed by atoms with van der Waals surface area (Å²) in [7, 11) is -11.5. The molecule has 19 unspecified atom stereocenters. The molecule has 133 heavy (non-hydrogen) atoms. The van der Waals surface area contributed by atoms with Crippen LogP contribution in [-0.4, -0.2) is 228 Å². The molecule has 0 saturated carbocycles. The summed E-state index contributed by atoms with van der Waals surface area (Å²) in [5.41, 5.74) is 20.3. The van der Waals surface area contributed by atoms with Gasteiger partial charge in [0.15, 0.2) is 12.6 Å². The Labute approximate surface area is 785 Å². The molecule has 2 fully saturated rings. The molecule has 2 heterocycles. The Bertz CT molecular complexity index is 4220. The van der Waals surface area contributed by atoms with Crippen LogP contribution in [0.3, 0.4) is 0 Å². The van der Waals surface area contributed by atoms with Crippen molar-refractivity contribution in [3.05, 3.63) is 128 Å². The average molecular weight is 1920 g/mol. The normalized spacial score (nSPS) is 22.4. The second-order valence-corrected chi connectivity index (χ2v) is 38.3. The standard InChI is InChI=1S/C95H156N8O28P2/c1-58(2)30-19-31-59(3)32-20-33-60(4)34-21-35-61(5)36-22-37-62(6)38-23-39-63(7)40-24-41-64(8)42-25-43-65(9)44-26-45-66(10)46-27-47-67(11)48-28-49-68(12)54-55-125-132(121,122)131-133(123,124)130-95-82(101-74(18)107)86(85(79(57-105)128-95)129-94-81(100-73(17)106)84(110)83(109)78(56-104)127-94)126-72(16)89(113)97-70(14)88(112)103-77(93(119)120)52-53-80(108)102-76(51-29-50-75(96)92(117)118)90(114)98-69(13)87(111)99-71(15)91(115)116/h30,32,34,36,38,40,42,44,46,48,54,69-72,75-79,81-86,94-95,104-105,109-110H,19-29,31,33,35,37,39,41,43,45,47,49-53,55-57,96H2,1-18H3,(H,97,113)(H,98,114)(H,99,111)(H,100,106)(H,101,107)(H,102,108)(H,103,112)(H,115,116)(H,117,118)(H,119,120)(H,121,122)(H,123,124)/b59-32+,60-34+,61-36+,62-38+,63-40+,64-42+,65-44+,66-46+,67-48+,68-54+. The van der Waals surface area contributed by atoms with Gasteiger partial charge in [0, 0.05) is 20.3 Å². The number of carboxylic acids is 3. The SMILES string of the molecule is CC(=O)NC1C(OC2C(CO)OC(OP(=O)(O)OP(=O)(O)OC/C=C(\C)CC/C=C(\C)CC/C=C(\C)CC/C=C(\C)CC/C=C(\C)CC/C=C(\C)CC/C=C(\C)CC/C=C(\C)CC/C=C(\C)CC/C=C(\C)CCC=C(C)C)C(NC(C)=O)C2OC(C)C(=O)NC(C)C(=O)NC(CCC(=O)NC(CCCC(N)C(=O)O)C(=O)NC(C)C(=O)NC(C)C(=O)O)C(=O)O)OC(CO)C(O)C1O. The van der Waals surface area contributed by atoms with Gasteiger partial charge in [0.05, 0.1) is 19.8 Å². The molecule has 2 aliphatic heterocycles. The molecule has 0 spiro atoms. The summed E-state index contributed by atoms with van der Waals surface area (Å²) >= 11 is 0. The highest BCUT2D eigenvalue weighted by atomic mass is 31.3. The number of nitrogens with two attached hydrogens (primary N) is 1. The first-order valence-electron chi connectivity index (χ1n) is 46.0. The third-order valence-electron chi connectivity index (χ3n) is 22.4. The van der Waals surface area contributed by atoms with Crippen molar-refractivity contribution in [1.82, 2.24) is 37.2 Å². The molecule has 754 valence electrons. The van der Waals surface area contributed by atoms with E-state index >= 15 is 0 Å². The van der Waals surface area contributed by atoms with E-state index in [0.717, 1.165) is 156 Å². The highest BCUT2D eigenvalue weighted by Crippen LogP contribution is 2.61. The minimum Gasteiger partial charge on any atom is -0.480 e. The lowest BCUT2D eigenvalue weighted by atomic mass is 9.94. The quantitative estimate of drug-likeness (QED) is 0.0199. The molecular weight excluding hydrogens is 1760 g/mol. The molecular formula is C95H156N8O28P2. The number of phosphoric acid groups is 2. The van der Waals surface area contributed by atoms with Crippen LogP contribution in [0.25, 0.3) is 0 Å². The number of amides is 7. The van der Waals surface area contributed by atoms with Crippen LogP contribution < -0.4 is 43.0 Å². The van der Waals surface area contributed by atoms with Crippen LogP contribution in [0.5, 0.6) is 0 Å². The molecule has 36 nitrogen and oxygen atoms in total. The molecule has 2 rings (SSSR count). The Balaban J connectivity index is 2.11. The highest BCUT2D eigenvalue weighted by molar-refractivity contribution is 7.61. The van der Waals surface area contributed by atoms with Gasteiger partial charge in [0.1, 0.15) is 91.1 Å². The molecule has 38 heteroatoms. The summed E-state index contributed by atoms with van der Waals surface area (Å²) in [6, 6.07) is -12.9. The van der Waals surface area contributed by atoms with Crippen LogP contribution in [0.2, 0.25) is 0 Å². The zero-order valence-electron chi connectivity index (χ0n) is 81.2. The Hall–Kier alpha value is -8.26. The van der Waals surface area contributed by atoms with Crippen LogP contribution in [0.4, 0.5) is 0 Å². The van der Waals surface area contributed by atoms with E-state index in [0.29, 0.717) is 18.4 Å². The summed E-state index contributed by atoms with van der Waals surface area (Å²) in [5, 5.41) is 87.7. The first-order valence-corrected chi connectivity index (χ1v) is 49.0. The number of aliphatic carboxylic acids is 3. The number of carboxylic acid groups (broad SMARTS) is 3. The van der Waals surface area contributed by atoms with Crippen LogP contribution in [0.1, 0.15) is 285 Å². The molecule has 2 saturated heterocycles. The number of rotatable bonds is 64. The second kappa shape index (κ2) is 63.9.